The topological polar surface area (TPSA) is 228 Å². The van der Waals surface area contributed by atoms with Gasteiger partial charge in [-0.1, -0.05) is 12.1 Å². The lowest BCUT2D eigenvalue weighted by atomic mass is 10.1. The summed E-state index contributed by atoms with van der Waals surface area (Å²) in [7, 11) is -15.3. The second kappa shape index (κ2) is 9.72. The summed E-state index contributed by atoms with van der Waals surface area (Å²) in [6, 6.07) is 6.29. The van der Waals surface area contributed by atoms with E-state index in [1.807, 2.05) is 0 Å². The van der Waals surface area contributed by atoms with Gasteiger partial charge in [0.05, 0.1) is 13.7 Å². The third kappa shape index (κ3) is 7.36. The minimum atomic E-state index is -5.68. The highest BCUT2D eigenvalue weighted by Crippen LogP contribution is 2.66. The standard InChI is InChI=1S/C12H19O15P3/c1-22-7-4-2-3-5-8(7)24-12-11(14)10(13)9(25-12)6-23-29(18,19)27-30(20,21)26-28(15,16)17/h2-5,9-14H,6H2,1H3,(H,18,19)(H,20,21)(H2,15,16,17)/t9-,10-,11-,12-/m1/s1. The van der Waals surface area contributed by atoms with Crippen LogP contribution in [0, 0.1) is 0 Å². The number of phosphoric ester groups is 1. The van der Waals surface area contributed by atoms with Crippen LogP contribution in [-0.2, 0) is 31.6 Å². The summed E-state index contributed by atoms with van der Waals surface area (Å²) >= 11 is 0. The van der Waals surface area contributed by atoms with E-state index in [4.69, 9.17) is 28.9 Å². The van der Waals surface area contributed by atoms with Gasteiger partial charge in [0.15, 0.2) is 11.5 Å². The van der Waals surface area contributed by atoms with Crippen LogP contribution in [0.25, 0.3) is 0 Å². The average molecular weight is 496 g/mol. The van der Waals surface area contributed by atoms with Crippen molar-refractivity contribution in [1.29, 1.82) is 0 Å². The van der Waals surface area contributed by atoms with Crippen molar-refractivity contribution >= 4 is 23.5 Å². The van der Waals surface area contributed by atoms with E-state index in [1.54, 1.807) is 18.2 Å². The first-order chi connectivity index (χ1) is 13.7. The Morgan fingerprint density at radius 3 is 2.10 bits per heavy atom. The van der Waals surface area contributed by atoms with E-state index < -0.39 is 54.7 Å². The van der Waals surface area contributed by atoms with Gasteiger partial charge in [-0.25, -0.2) is 13.7 Å². The molecular weight excluding hydrogens is 477 g/mol. The van der Waals surface area contributed by atoms with Crippen molar-refractivity contribution in [3.05, 3.63) is 24.3 Å². The third-order valence-corrected chi connectivity index (χ3v) is 7.25. The van der Waals surface area contributed by atoms with Crippen LogP contribution in [0.15, 0.2) is 24.3 Å². The van der Waals surface area contributed by atoms with Crippen LogP contribution < -0.4 is 9.47 Å². The summed E-state index contributed by atoms with van der Waals surface area (Å²) in [6.45, 7) is -0.951. The molecule has 0 spiro atoms. The summed E-state index contributed by atoms with van der Waals surface area (Å²) in [6.07, 6.45) is -6.18. The highest BCUT2D eigenvalue weighted by molar-refractivity contribution is 7.66. The first-order valence-electron chi connectivity index (χ1n) is 7.82. The highest BCUT2D eigenvalue weighted by Gasteiger charge is 2.47. The van der Waals surface area contributed by atoms with Gasteiger partial charge in [-0.3, -0.25) is 4.52 Å². The normalized spacial score (nSPS) is 28.5. The van der Waals surface area contributed by atoms with Gasteiger partial charge in [-0.2, -0.15) is 8.62 Å². The Balaban J connectivity index is 1.98. The van der Waals surface area contributed by atoms with E-state index in [2.05, 4.69) is 13.1 Å². The number of phosphoric acid groups is 3. The molecule has 1 aromatic rings. The fourth-order valence-corrected chi connectivity index (χ4v) is 5.29. The maximum absolute atomic E-state index is 11.7. The molecule has 1 fully saturated rings. The fourth-order valence-electron chi connectivity index (χ4n) is 2.26. The van der Waals surface area contributed by atoms with Crippen LogP contribution in [0.2, 0.25) is 0 Å². The van der Waals surface area contributed by atoms with E-state index >= 15 is 0 Å². The van der Waals surface area contributed by atoms with Crippen molar-refractivity contribution in [3.63, 3.8) is 0 Å². The number of ether oxygens (including phenoxy) is 3. The molecule has 0 amide bonds. The van der Waals surface area contributed by atoms with Gasteiger partial charge in [-0.15, -0.1) is 0 Å². The van der Waals surface area contributed by atoms with Crippen molar-refractivity contribution < 1.29 is 70.8 Å². The molecule has 0 aromatic heterocycles. The SMILES string of the molecule is COc1ccccc1O[C@@H]1O[C@H](COP(=O)(O)OP(=O)(O)OP(=O)(O)O)[C@@H](O)[C@H]1O. The number of rotatable bonds is 10. The second-order valence-electron chi connectivity index (χ2n) is 5.68. The quantitative estimate of drug-likeness (QED) is 0.232. The molecule has 0 aliphatic carbocycles. The van der Waals surface area contributed by atoms with Gasteiger partial charge in [-0.05, 0) is 12.1 Å². The predicted octanol–water partition coefficient (Wildman–Crippen LogP) is -0.136. The summed E-state index contributed by atoms with van der Waals surface area (Å²) in [5.74, 6) is 0.448. The lowest BCUT2D eigenvalue weighted by Crippen LogP contribution is -2.35. The van der Waals surface area contributed by atoms with E-state index in [0.717, 1.165) is 0 Å². The van der Waals surface area contributed by atoms with Crippen LogP contribution in [0.1, 0.15) is 0 Å². The minimum absolute atomic E-state index is 0.157. The Hall–Kier alpha value is -0.890. The van der Waals surface area contributed by atoms with Gasteiger partial charge in [0, 0.05) is 0 Å². The summed E-state index contributed by atoms with van der Waals surface area (Å²) in [4.78, 5) is 35.4. The van der Waals surface area contributed by atoms with Gasteiger partial charge in [0.2, 0.25) is 6.29 Å². The number of hydrogen-bond donors (Lipinski definition) is 6. The zero-order valence-electron chi connectivity index (χ0n) is 15.0. The van der Waals surface area contributed by atoms with Gasteiger partial charge in [0.1, 0.15) is 18.3 Å². The Morgan fingerprint density at radius 2 is 1.53 bits per heavy atom. The monoisotopic (exact) mass is 496 g/mol. The molecule has 2 rings (SSSR count). The zero-order chi connectivity index (χ0) is 22.7. The predicted molar refractivity (Wildman–Crippen MR) is 94.1 cm³/mol. The summed E-state index contributed by atoms with van der Waals surface area (Å²) < 4.78 is 60.7. The summed E-state index contributed by atoms with van der Waals surface area (Å²) in [5, 5.41) is 20.1. The van der Waals surface area contributed by atoms with E-state index in [9.17, 15) is 28.8 Å². The molecular formula is C12H19O15P3. The van der Waals surface area contributed by atoms with E-state index in [-0.39, 0.29) is 5.75 Å². The van der Waals surface area contributed by atoms with Crippen molar-refractivity contribution in [1.82, 2.24) is 0 Å². The molecule has 1 heterocycles. The number of benzene rings is 1. The number of aliphatic hydroxyl groups is 2. The van der Waals surface area contributed by atoms with Crippen LogP contribution in [0.3, 0.4) is 0 Å². The molecule has 6 atom stereocenters. The van der Waals surface area contributed by atoms with Gasteiger partial charge >= 0.3 is 23.5 Å². The molecule has 0 saturated carbocycles. The van der Waals surface area contributed by atoms with Crippen LogP contribution in [-0.4, -0.2) is 68.1 Å². The molecule has 18 heteroatoms. The molecule has 2 unspecified atom stereocenters. The lowest BCUT2D eigenvalue weighted by molar-refractivity contribution is -0.116. The Morgan fingerprint density at radius 1 is 0.933 bits per heavy atom. The molecule has 0 radical (unpaired) electrons. The van der Waals surface area contributed by atoms with Crippen LogP contribution >= 0.6 is 23.5 Å². The molecule has 0 bridgehead atoms. The molecule has 172 valence electrons. The molecule has 15 nitrogen and oxygen atoms in total. The second-order valence-corrected chi connectivity index (χ2v) is 10.1. The number of hydrogen-bond acceptors (Lipinski definition) is 11. The Kier molecular flexibility index (Phi) is 8.22. The average Bonchev–Trinajstić information content (AvgIpc) is 2.85. The number of para-hydroxylation sites is 2. The first-order valence-corrected chi connectivity index (χ1v) is 12.3. The maximum atomic E-state index is 11.7. The Labute approximate surface area is 169 Å². The summed E-state index contributed by atoms with van der Waals surface area (Å²) in [5.41, 5.74) is 0. The first kappa shape index (κ1) is 25.4. The minimum Gasteiger partial charge on any atom is -0.493 e. The Bertz CT molecular complexity index is 870. The molecule has 1 aliphatic heterocycles. The molecule has 6 N–H and O–H groups in total. The lowest BCUT2D eigenvalue weighted by Gasteiger charge is -2.19. The molecule has 1 saturated heterocycles. The maximum Gasteiger partial charge on any atom is 0.490 e. The third-order valence-electron chi connectivity index (χ3n) is 3.45. The number of aliphatic hydroxyl groups excluding tert-OH is 2. The van der Waals surface area contributed by atoms with Crippen molar-refractivity contribution in [2.45, 2.75) is 24.6 Å². The molecule has 1 aliphatic rings. The number of methoxy groups -OCH3 is 1. The fraction of sp³-hybridized carbons (Fsp3) is 0.500. The van der Waals surface area contributed by atoms with Crippen molar-refractivity contribution in [3.8, 4) is 11.5 Å². The molecule has 30 heavy (non-hydrogen) atoms. The van der Waals surface area contributed by atoms with Crippen molar-refractivity contribution in [2.24, 2.45) is 0 Å². The highest BCUT2D eigenvalue weighted by atomic mass is 31.3. The van der Waals surface area contributed by atoms with Gasteiger partial charge in [0.25, 0.3) is 0 Å². The van der Waals surface area contributed by atoms with Crippen LogP contribution in [0.4, 0.5) is 0 Å². The van der Waals surface area contributed by atoms with Crippen LogP contribution in [0.5, 0.6) is 11.5 Å². The van der Waals surface area contributed by atoms with E-state index in [1.165, 1.54) is 13.2 Å². The largest absolute Gasteiger partial charge is 0.493 e. The zero-order valence-corrected chi connectivity index (χ0v) is 17.7. The smallest absolute Gasteiger partial charge is 0.490 e. The van der Waals surface area contributed by atoms with E-state index in [0.29, 0.717) is 5.75 Å². The van der Waals surface area contributed by atoms with Gasteiger partial charge < -0.3 is 44.0 Å². The van der Waals surface area contributed by atoms with Crippen molar-refractivity contribution in [2.75, 3.05) is 13.7 Å². The molecule has 1 aromatic carbocycles.